The van der Waals surface area contributed by atoms with Gasteiger partial charge in [-0.2, -0.15) is 0 Å². The van der Waals surface area contributed by atoms with Crippen molar-refractivity contribution in [2.24, 2.45) is 0 Å². The molecule has 0 saturated heterocycles. The molecule has 20 heavy (non-hydrogen) atoms. The molecule has 5 heteroatoms. The van der Waals surface area contributed by atoms with Crippen molar-refractivity contribution in [3.05, 3.63) is 64.2 Å². The second-order valence-electron chi connectivity index (χ2n) is 4.16. The highest BCUT2D eigenvalue weighted by molar-refractivity contribution is 6.31. The van der Waals surface area contributed by atoms with Crippen molar-refractivity contribution in [1.82, 2.24) is 0 Å². The van der Waals surface area contributed by atoms with Gasteiger partial charge >= 0.3 is 0 Å². The molecular formula is C15H11ClF2O2. The molecular weight excluding hydrogens is 286 g/mol. The van der Waals surface area contributed by atoms with E-state index in [0.717, 1.165) is 6.07 Å². The fraction of sp³-hybridized carbons (Fsp3) is 0.133. The highest BCUT2D eigenvalue weighted by atomic mass is 35.5. The molecule has 0 amide bonds. The maximum Gasteiger partial charge on any atom is 0.170 e. The molecule has 2 nitrogen and oxygen atoms in total. The average molecular weight is 297 g/mol. The number of carbonyl (C=O) groups excluding carboxylic acids is 1. The van der Waals surface area contributed by atoms with Gasteiger partial charge in [0.25, 0.3) is 0 Å². The van der Waals surface area contributed by atoms with Gasteiger partial charge < -0.3 is 4.74 Å². The van der Waals surface area contributed by atoms with Crippen molar-refractivity contribution in [2.45, 2.75) is 6.42 Å². The lowest BCUT2D eigenvalue weighted by Crippen LogP contribution is -2.08. The number of ketones is 1. The van der Waals surface area contributed by atoms with Crippen LogP contribution in [0.3, 0.4) is 0 Å². The molecule has 0 aliphatic rings. The fourth-order valence-corrected chi connectivity index (χ4v) is 2.00. The van der Waals surface area contributed by atoms with Crippen LogP contribution in [-0.4, -0.2) is 12.9 Å². The van der Waals surface area contributed by atoms with Crippen molar-refractivity contribution in [2.75, 3.05) is 7.11 Å². The Morgan fingerprint density at radius 2 is 2.00 bits per heavy atom. The zero-order chi connectivity index (χ0) is 14.7. The van der Waals surface area contributed by atoms with Crippen LogP contribution >= 0.6 is 11.6 Å². The van der Waals surface area contributed by atoms with Crippen LogP contribution in [0.5, 0.6) is 5.75 Å². The Morgan fingerprint density at radius 3 is 2.70 bits per heavy atom. The van der Waals surface area contributed by atoms with Gasteiger partial charge in [0, 0.05) is 11.4 Å². The van der Waals surface area contributed by atoms with Crippen molar-refractivity contribution in [3.63, 3.8) is 0 Å². The molecule has 0 atom stereocenters. The molecule has 0 radical (unpaired) electrons. The van der Waals surface area contributed by atoms with E-state index in [1.54, 1.807) is 6.07 Å². The number of carbonyl (C=O) groups is 1. The lowest BCUT2D eigenvalue weighted by Gasteiger charge is -2.07. The average Bonchev–Trinajstić information content (AvgIpc) is 2.43. The molecule has 0 spiro atoms. The Morgan fingerprint density at radius 1 is 1.25 bits per heavy atom. The predicted molar refractivity (Wildman–Crippen MR) is 72.4 cm³/mol. The van der Waals surface area contributed by atoms with E-state index in [9.17, 15) is 13.6 Å². The van der Waals surface area contributed by atoms with Gasteiger partial charge in [-0.25, -0.2) is 8.78 Å². The Balaban J connectivity index is 2.30. The van der Waals surface area contributed by atoms with E-state index >= 15 is 0 Å². The van der Waals surface area contributed by atoms with Crippen LogP contribution in [0.15, 0.2) is 36.4 Å². The lowest BCUT2D eigenvalue weighted by atomic mass is 10.0. The quantitative estimate of drug-likeness (QED) is 0.796. The first-order valence-corrected chi connectivity index (χ1v) is 6.20. The van der Waals surface area contributed by atoms with Crippen LogP contribution in [0.25, 0.3) is 0 Å². The number of hydrogen-bond acceptors (Lipinski definition) is 2. The van der Waals surface area contributed by atoms with Crippen molar-refractivity contribution >= 4 is 17.4 Å². The van der Waals surface area contributed by atoms with E-state index in [2.05, 4.69) is 0 Å². The van der Waals surface area contributed by atoms with E-state index in [-0.39, 0.29) is 28.3 Å². The number of rotatable bonds is 4. The first kappa shape index (κ1) is 14.5. The number of halogens is 3. The van der Waals surface area contributed by atoms with Gasteiger partial charge in [-0.3, -0.25) is 4.79 Å². The number of benzene rings is 2. The van der Waals surface area contributed by atoms with Gasteiger partial charge in [-0.1, -0.05) is 23.7 Å². The van der Waals surface area contributed by atoms with Crippen LogP contribution in [-0.2, 0) is 6.42 Å². The summed E-state index contributed by atoms with van der Waals surface area (Å²) in [5.41, 5.74) is -0.00607. The molecule has 0 aromatic heterocycles. The standard InChI is InChI=1S/C15H11ClF2O2/c1-20-14-4-2-3-9(15(14)18)7-13(19)11-8-10(16)5-6-12(11)17/h2-6,8H,7H2,1H3. The van der Waals surface area contributed by atoms with E-state index < -0.39 is 17.4 Å². The molecule has 0 aliphatic heterocycles. The molecule has 0 unspecified atom stereocenters. The molecule has 104 valence electrons. The lowest BCUT2D eigenvalue weighted by molar-refractivity contribution is 0.0988. The van der Waals surface area contributed by atoms with Crippen LogP contribution in [0.1, 0.15) is 15.9 Å². The Bertz CT molecular complexity index is 656. The van der Waals surface area contributed by atoms with Gasteiger partial charge in [0.2, 0.25) is 0 Å². The summed E-state index contributed by atoms with van der Waals surface area (Å²) in [5.74, 6) is -1.80. The Hall–Kier alpha value is -1.94. The minimum Gasteiger partial charge on any atom is -0.494 e. The smallest absolute Gasteiger partial charge is 0.170 e. The second kappa shape index (κ2) is 6.01. The first-order valence-electron chi connectivity index (χ1n) is 5.82. The zero-order valence-corrected chi connectivity index (χ0v) is 11.4. The maximum atomic E-state index is 13.9. The molecule has 2 rings (SSSR count). The van der Waals surface area contributed by atoms with Crippen LogP contribution < -0.4 is 4.74 Å². The first-order chi connectivity index (χ1) is 9.52. The molecule has 2 aromatic rings. The van der Waals surface area contributed by atoms with Crippen LogP contribution in [0.4, 0.5) is 8.78 Å². The minimum absolute atomic E-state index is 0.0434. The van der Waals surface area contributed by atoms with Gasteiger partial charge in [0.15, 0.2) is 17.3 Å². The van der Waals surface area contributed by atoms with Crippen molar-refractivity contribution in [3.8, 4) is 5.75 Å². The second-order valence-corrected chi connectivity index (χ2v) is 4.59. The van der Waals surface area contributed by atoms with Crippen LogP contribution in [0, 0.1) is 11.6 Å². The maximum absolute atomic E-state index is 13.9. The summed E-state index contributed by atoms with van der Waals surface area (Å²) in [6.45, 7) is 0. The van der Waals surface area contributed by atoms with E-state index in [0.29, 0.717) is 0 Å². The summed E-state index contributed by atoms with van der Waals surface area (Å²) in [4.78, 5) is 12.0. The summed E-state index contributed by atoms with van der Waals surface area (Å²) in [5, 5.41) is 0.251. The summed E-state index contributed by atoms with van der Waals surface area (Å²) in [6.07, 6.45) is -0.264. The summed E-state index contributed by atoms with van der Waals surface area (Å²) < 4.78 is 32.3. The highest BCUT2D eigenvalue weighted by Gasteiger charge is 2.16. The van der Waals surface area contributed by atoms with Gasteiger partial charge in [0.1, 0.15) is 5.82 Å². The molecule has 0 saturated carbocycles. The Labute approximate surface area is 119 Å². The number of hydrogen-bond donors (Lipinski definition) is 0. The number of methoxy groups -OCH3 is 1. The third-order valence-electron chi connectivity index (χ3n) is 2.84. The summed E-state index contributed by atoms with van der Waals surface area (Å²) in [6, 6.07) is 8.16. The summed E-state index contributed by atoms with van der Waals surface area (Å²) >= 11 is 5.73. The van der Waals surface area contributed by atoms with E-state index in [1.807, 2.05) is 0 Å². The van der Waals surface area contributed by atoms with Gasteiger partial charge in [0.05, 0.1) is 12.7 Å². The predicted octanol–water partition coefficient (Wildman–Crippen LogP) is 4.05. The molecule has 2 aromatic carbocycles. The molecule has 0 heterocycles. The highest BCUT2D eigenvalue weighted by Crippen LogP contribution is 2.22. The third kappa shape index (κ3) is 2.96. The number of ether oxygens (including phenoxy) is 1. The van der Waals surface area contributed by atoms with E-state index in [4.69, 9.17) is 16.3 Å². The normalized spacial score (nSPS) is 10.4. The monoisotopic (exact) mass is 296 g/mol. The summed E-state index contributed by atoms with van der Waals surface area (Å²) in [7, 11) is 1.33. The minimum atomic E-state index is -0.678. The zero-order valence-electron chi connectivity index (χ0n) is 10.6. The fourth-order valence-electron chi connectivity index (χ4n) is 1.83. The van der Waals surface area contributed by atoms with E-state index in [1.165, 1.54) is 31.4 Å². The third-order valence-corrected chi connectivity index (χ3v) is 3.08. The largest absolute Gasteiger partial charge is 0.494 e. The Kier molecular flexibility index (Phi) is 4.35. The molecule has 0 N–H and O–H groups in total. The molecule has 0 bridgehead atoms. The van der Waals surface area contributed by atoms with Crippen molar-refractivity contribution < 1.29 is 18.3 Å². The van der Waals surface area contributed by atoms with Crippen molar-refractivity contribution in [1.29, 1.82) is 0 Å². The topological polar surface area (TPSA) is 26.3 Å². The number of Topliss-reactive ketones (excluding diaryl/α,β-unsaturated/α-hetero) is 1. The van der Waals surface area contributed by atoms with Gasteiger partial charge in [-0.15, -0.1) is 0 Å². The molecule has 0 aliphatic carbocycles. The van der Waals surface area contributed by atoms with Gasteiger partial charge in [-0.05, 0) is 29.8 Å². The van der Waals surface area contributed by atoms with Crippen LogP contribution in [0.2, 0.25) is 5.02 Å². The molecule has 0 fully saturated rings. The SMILES string of the molecule is COc1cccc(CC(=O)c2cc(Cl)ccc2F)c1F.